The molecule has 0 saturated heterocycles. The van der Waals surface area contributed by atoms with Gasteiger partial charge in [0.05, 0.1) is 8.07 Å². The number of furan rings is 1. The number of benzene rings is 6. The first-order valence-electron chi connectivity index (χ1n) is 24.6. The van der Waals surface area contributed by atoms with E-state index in [0.717, 1.165) is 30.0 Å². The van der Waals surface area contributed by atoms with Gasteiger partial charge in [-0.25, -0.2) is 0 Å². The number of hydrogen-bond donors (Lipinski definition) is 0. The average molecular weight is 887 g/mol. The lowest BCUT2D eigenvalue weighted by Crippen LogP contribution is -2.61. The second-order valence-corrected chi connectivity index (χ2v) is 30.5. The van der Waals surface area contributed by atoms with Gasteiger partial charge in [0, 0.05) is 39.3 Å². The summed E-state index contributed by atoms with van der Waals surface area (Å²) in [7, 11) is -1.52. The second kappa shape index (κ2) is 14.6. The zero-order valence-electron chi connectivity index (χ0n) is 42.8. The molecule has 0 amide bonds. The van der Waals surface area contributed by atoms with Crippen LogP contribution in [0.4, 0.5) is 34.3 Å². The van der Waals surface area contributed by atoms with Crippen LogP contribution in [0.2, 0.25) is 19.6 Å². The summed E-state index contributed by atoms with van der Waals surface area (Å²) in [6, 6.07) is 45.5. The largest absolute Gasteiger partial charge is 0.440 e. The molecule has 0 radical (unpaired) electrons. The molecule has 66 heavy (non-hydrogen) atoms. The molecule has 0 N–H and O–H groups in total. The Bertz CT molecular complexity index is 3050. The Kier molecular flexibility index (Phi) is 9.87. The van der Waals surface area contributed by atoms with Gasteiger partial charge in [0.2, 0.25) is 5.88 Å². The molecule has 338 valence electrons. The summed E-state index contributed by atoms with van der Waals surface area (Å²) in [5.74, 6) is 0.917. The van der Waals surface area contributed by atoms with Crippen molar-refractivity contribution >= 4 is 81.7 Å². The number of hydrogen-bond acceptors (Lipinski definition) is 3. The predicted octanol–water partition coefficient (Wildman–Crippen LogP) is 15.0. The van der Waals surface area contributed by atoms with E-state index in [1.54, 1.807) is 0 Å². The highest BCUT2D eigenvalue weighted by Crippen LogP contribution is 2.52. The van der Waals surface area contributed by atoms with E-state index in [-0.39, 0.29) is 33.8 Å². The molecule has 0 spiro atoms. The second-order valence-electron chi connectivity index (χ2n) is 25.5. The number of rotatable bonds is 4. The van der Waals surface area contributed by atoms with Crippen LogP contribution in [0.3, 0.4) is 0 Å². The summed E-state index contributed by atoms with van der Waals surface area (Å²) >= 11 is 0. The first-order valence-corrected chi connectivity index (χ1v) is 28.1. The van der Waals surface area contributed by atoms with E-state index in [9.17, 15) is 0 Å². The molecule has 0 saturated carbocycles. The Morgan fingerprint density at radius 3 is 1.50 bits per heavy atom. The van der Waals surface area contributed by atoms with E-state index in [1.165, 1.54) is 88.7 Å². The number of fused-ring (bicyclic) bond motifs is 7. The summed E-state index contributed by atoms with van der Waals surface area (Å²) in [6.45, 7) is 37.9. The van der Waals surface area contributed by atoms with Crippen LogP contribution < -0.4 is 31.4 Å². The zero-order chi connectivity index (χ0) is 47.3. The van der Waals surface area contributed by atoms with Crippen molar-refractivity contribution in [1.29, 1.82) is 0 Å². The number of nitrogens with zero attached hydrogens (tertiary/aromatic N) is 2. The lowest BCUT2D eigenvalue weighted by atomic mass is 9.33. The van der Waals surface area contributed by atoms with Gasteiger partial charge in [-0.3, -0.25) is 4.90 Å². The third kappa shape index (κ3) is 7.22. The van der Waals surface area contributed by atoms with Crippen LogP contribution in [-0.2, 0) is 27.1 Å². The third-order valence-electron chi connectivity index (χ3n) is 15.6. The normalized spacial score (nSPS) is 16.5. The quantitative estimate of drug-likeness (QED) is 0.164. The van der Waals surface area contributed by atoms with Crippen molar-refractivity contribution in [3.8, 4) is 11.1 Å². The summed E-state index contributed by atoms with van der Waals surface area (Å²) in [5, 5.41) is 2.67. The summed E-state index contributed by atoms with van der Waals surface area (Å²) in [5.41, 5.74) is 20.3. The van der Waals surface area contributed by atoms with E-state index in [2.05, 4.69) is 235 Å². The standard InChI is InChI=1S/C61H71BN2OSi/c1-57(2,3)40-19-24-43(25-20-40)63-50-37-48-47(60(10,11)31-32-61(48,12)13)36-49(50)62-54-46-35-42(59(7,8)9)23-30-53(46)65-56(54)64(44-26-21-41(22-27-44)58(4,5)6)52-34-39(33-51(63)55(52)62)38-17-28-45(29-18-38)66(14,15)16/h17-30,33-37H,31-32H2,1-16H3. The van der Waals surface area contributed by atoms with Crippen molar-refractivity contribution in [3.63, 3.8) is 0 Å². The fourth-order valence-corrected chi connectivity index (χ4v) is 12.3. The Balaban J connectivity index is 1.36. The van der Waals surface area contributed by atoms with Crippen molar-refractivity contribution in [2.45, 2.75) is 150 Å². The molecule has 2 aliphatic heterocycles. The van der Waals surface area contributed by atoms with Gasteiger partial charge in [0.15, 0.2) is 0 Å². The van der Waals surface area contributed by atoms with Crippen molar-refractivity contribution < 1.29 is 4.42 Å². The van der Waals surface area contributed by atoms with Gasteiger partial charge in [0.1, 0.15) is 5.58 Å². The van der Waals surface area contributed by atoms with Crippen LogP contribution >= 0.6 is 0 Å². The molecular weight excluding hydrogens is 816 g/mol. The zero-order valence-corrected chi connectivity index (χ0v) is 43.8. The van der Waals surface area contributed by atoms with Gasteiger partial charge in [-0.05, 0) is 144 Å². The van der Waals surface area contributed by atoms with Gasteiger partial charge < -0.3 is 9.32 Å². The van der Waals surface area contributed by atoms with Crippen molar-refractivity contribution in [2.75, 3.05) is 9.80 Å². The molecule has 7 aromatic rings. The smallest absolute Gasteiger partial charge is 0.257 e. The maximum atomic E-state index is 7.35. The molecular formula is C61H71BN2OSi. The molecule has 1 aliphatic carbocycles. The van der Waals surface area contributed by atoms with E-state index in [4.69, 9.17) is 4.42 Å². The molecule has 6 aromatic carbocycles. The molecule has 0 bridgehead atoms. The minimum atomic E-state index is -1.52. The van der Waals surface area contributed by atoms with Crippen LogP contribution in [0.25, 0.3) is 22.1 Å². The molecule has 3 nitrogen and oxygen atoms in total. The van der Waals surface area contributed by atoms with Gasteiger partial charge >= 0.3 is 0 Å². The third-order valence-corrected chi connectivity index (χ3v) is 17.7. The van der Waals surface area contributed by atoms with Gasteiger partial charge in [0.25, 0.3) is 6.71 Å². The molecule has 0 unspecified atom stereocenters. The van der Waals surface area contributed by atoms with E-state index < -0.39 is 8.07 Å². The highest BCUT2D eigenvalue weighted by atomic mass is 28.3. The Morgan fingerprint density at radius 1 is 0.500 bits per heavy atom. The van der Waals surface area contributed by atoms with E-state index in [0.29, 0.717) is 0 Å². The summed E-state index contributed by atoms with van der Waals surface area (Å²) in [6.07, 6.45) is 2.31. The van der Waals surface area contributed by atoms with E-state index in [1.807, 2.05) is 0 Å². The van der Waals surface area contributed by atoms with Gasteiger partial charge in [-0.15, -0.1) is 0 Å². The van der Waals surface area contributed by atoms with Crippen molar-refractivity contribution in [3.05, 3.63) is 143 Å². The molecule has 5 heteroatoms. The molecule has 10 rings (SSSR count). The maximum Gasteiger partial charge on any atom is 0.257 e. The predicted molar refractivity (Wildman–Crippen MR) is 290 cm³/mol. The van der Waals surface area contributed by atoms with E-state index >= 15 is 0 Å². The average Bonchev–Trinajstić information content (AvgIpc) is 3.62. The monoisotopic (exact) mass is 887 g/mol. The number of anilines is 6. The maximum absolute atomic E-state index is 7.35. The van der Waals surface area contributed by atoms with Crippen molar-refractivity contribution in [2.24, 2.45) is 0 Å². The van der Waals surface area contributed by atoms with Crippen molar-refractivity contribution in [1.82, 2.24) is 0 Å². The fourth-order valence-electron chi connectivity index (χ4n) is 11.1. The lowest BCUT2D eigenvalue weighted by molar-refractivity contribution is 0.332. The van der Waals surface area contributed by atoms with Crippen LogP contribution in [0.15, 0.2) is 120 Å². The fraction of sp³-hybridized carbons (Fsp3) is 0.377. The van der Waals surface area contributed by atoms with Crippen LogP contribution in [0, 0.1) is 0 Å². The van der Waals surface area contributed by atoms with Gasteiger partial charge in [-0.1, -0.05) is 176 Å². The molecule has 0 atom stereocenters. The highest BCUT2D eigenvalue weighted by Gasteiger charge is 2.49. The first-order chi connectivity index (χ1) is 30.7. The minimum absolute atomic E-state index is 0.0226. The summed E-state index contributed by atoms with van der Waals surface area (Å²) in [4.78, 5) is 5.09. The topological polar surface area (TPSA) is 19.6 Å². The van der Waals surface area contributed by atoms with Crippen LogP contribution in [0.1, 0.15) is 131 Å². The van der Waals surface area contributed by atoms with Gasteiger partial charge in [-0.2, -0.15) is 0 Å². The molecule has 0 fully saturated rings. The van der Waals surface area contributed by atoms with Crippen LogP contribution in [0.5, 0.6) is 0 Å². The Hall–Kier alpha value is -5.26. The minimum Gasteiger partial charge on any atom is -0.440 e. The SMILES string of the molecule is CC(C)(C)c1ccc(N2c3cc4c(cc3B3c5c2cc(-c2ccc([Si](C)(C)C)cc2)cc5N(c2ccc(C(C)(C)C)cc2)c2oc5ccc(C(C)(C)C)cc5c23)C(C)(C)CCC4(C)C)cc1. The Morgan fingerprint density at radius 2 is 0.985 bits per heavy atom. The Labute approximate surface area is 397 Å². The molecule has 3 aliphatic rings. The van der Waals surface area contributed by atoms with Crippen LogP contribution in [-0.4, -0.2) is 14.8 Å². The summed E-state index contributed by atoms with van der Waals surface area (Å²) < 4.78 is 7.35. The molecule has 3 heterocycles. The lowest BCUT2D eigenvalue weighted by Gasteiger charge is -2.46. The first kappa shape index (κ1) is 44.6. The highest BCUT2D eigenvalue weighted by molar-refractivity contribution is 7.01. The molecule has 1 aromatic heterocycles.